The number of thiophene rings is 1. The molecule has 4 aromatic rings. The number of alkyl halides is 3. The molecule has 138 valence electrons. The van der Waals surface area contributed by atoms with Gasteiger partial charge in [-0.3, -0.25) is 0 Å². The first-order valence-electron chi connectivity index (χ1n) is 7.81. The van der Waals surface area contributed by atoms with E-state index in [9.17, 15) is 18.3 Å². The molecule has 0 aliphatic rings. The molecule has 2 aromatic carbocycles. The molecule has 0 unspecified atom stereocenters. The molecule has 0 spiro atoms. The predicted octanol–water partition coefficient (Wildman–Crippen LogP) is 6.68. The molecule has 8 heteroatoms. The van der Waals surface area contributed by atoms with Crippen LogP contribution in [-0.4, -0.2) is 16.5 Å². The summed E-state index contributed by atoms with van der Waals surface area (Å²) in [6, 6.07) is 11.1. The number of rotatable bonds is 2. The average molecular weight is 410 g/mol. The minimum atomic E-state index is -4.78. The molecule has 0 bridgehead atoms. The smallest absolute Gasteiger partial charge is 0.506 e. The van der Waals surface area contributed by atoms with Gasteiger partial charge in [-0.2, -0.15) is 0 Å². The molecule has 2 heterocycles. The number of aryl methyl sites for hydroxylation is 1. The second kappa shape index (κ2) is 6.28. The number of hydrogen-bond donors (Lipinski definition) is 1. The zero-order chi connectivity index (χ0) is 19.3. The van der Waals surface area contributed by atoms with Gasteiger partial charge in [0.15, 0.2) is 0 Å². The van der Waals surface area contributed by atoms with Crippen molar-refractivity contribution in [3.05, 3.63) is 53.2 Å². The fourth-order valence-corrected chi connectivity index (χ4v) is 4.26. The molecule has 0 radical (unpaired) electrons. The van der Waals surface area contributed by atoms with E-state index in [1.807, 2.05) is 0 Å². The van der Waals surface area contributed by atoms with Crippen LogP contribution in [0, 0.1) is 6.92 Å². The van der Waals surface area contributed by atoms with Gasteiger partial charge in [-0.25, -0.2) is 4.98 Å². The van der Waals surface area contributed by atoms with Gasteiger partial charge in [0.2, 0.25) is 0 Å². The van der Waals surface area contributed by atoms with Gasteiger partial charge in [-0.15, -0.1) is 24.5 Å². The Morgan fingerprint density at radius 1 is 1.15 bits per heavy atom. The molecule has 2 aromatic heterocycles. The summed E-state index contributed by atoms with van der Waals surface area (Å²) >= 11 is 7.43. The van der Waals surface area contributed by atoms with Crippen molar-refractivity contribution in [2.45, 2.75) is 13.3 Å². The van der Waals surface area contributed by atoms with Crippen molar-refractivity contribution in [1.82, 2.24) is 4.98 Å². The van der Waals surface area contributed by atoms with Crippen molar-refractivity contribution >= 4 is 43.2 Å². The molecule has 0 aliphatic heterocycles. The fraction of sp³-hybridized carbons (Fsp3) is 0.105. The van der Waals surface area contributed by atoms with E-state index in [1.165, 1.54) is 23.5 Å². The number of aromatic hydroxyl groups is 1. The van der Waals surface area contributed by atoms with Gasteiger partial charge >= 0.3 is 6.36 Å². The van der Waals surface area contributed by atoms with E-state index in [0.29, 0.717) is 27.0 Å². The molecular formula is C19H11ClF3NO2S. The maximum atomic E-state index is 12.7. The van der Waals surface area contributed by atoms with Crippen LogP contribution in [0.1, 0.15) is 5.69 Å². The Hall–Kier alpha value is -2.51. The van der Waals surface area contributed by atoms with E-state index in [0.717, 1.165) is 10.1 Å². The average Bonchev–Trinajstić information content (AvgIpc) is 2.96. The molecule has 0 saturated carbocycles. The van der Waals surface area contributed by atoms with Crippen molar-refractivity contribution < 1.29 is 23.0 Å². The summed E-state index contributed by atoms with van der Waals surface area (Å²) in [5, 5.41) is 11.8. The number of halogens is 4. The number of aromatic nitrogens is 1. The van der Waals surface area contributed by atoms with E-state index in [1.54, 1.807) is 37.3 Å². The van der Waals surface area contributed by atoms with Gasteiger partial charge in [-0.1, -0.05) is 41.9 Å². The van der Waals surface area contributed by atoms with Crippen LogP contribution in [0.5, 0.6) is 11.5 Å². The summed E-state index contributed by atoms with van der Waals surface area (Å²) in [5.74, 6) is -0.315. The van der Waals surface area contributed by atoms with E-state index >= 15 is 0 Å². The van der Waals surface area contributed by atoms with Gasteiger partial charge < -0.3 is 9.84 Å². The highest BCUT2D eigenvalue weighted by Gasteiger charge is 2.32. The number of pyridine rings is 1. The van der Waals surface area contributed by atoms with Gasteiger partial charge in [0.05, 0.1) is 11.1 Å². The van der Waals surface area contributed by atoms with E-state index in [2.05, 4.69) is 9.72 Å². The normalized spacial score (nSPS) is 12.0. The Morgan fingerprint density at radius 2 is 1.89 bits per heavy atom. The number of nitrogens with zero attached hydrogens (tertiary/aromatic N) is 1. The lowest BCUT2D eigenvalue weighted by atomic mass is 10.0. The second-order valence-electron chi connectivity index (χ2n) is 5.90. The van der Waals surface area contributed by atoms with E-state index < -0.39 is 6.36 Å². The van der Waals surface area contributed by atoms with Crippen LogP contribution in [0.3, 0.4) is 0 Å². The summed E-state index contributed by atoms with van der Waals surface area (Å²) in [6.07, 6.45) is -4.78. The summed E-state index contributed by atoms with van der Waals surface area (Å²) < 4.78 is 43.0. The molecule has 27 heavy (non-hydrogen) atoms. The molecule has 0 aliphatic carbocycles. The summed E-state index contributed by atoms with van der Waals surface area (Å²) in [6.45, 7) is 1.70. The first-order valence-corrected chi connectivity index (χ1v) is 9.00. The Balaban J connectivity index is 1.91. The Morgan fingerprint density at radius 3 is 2.63 bits per heavy atom. The van der Waals surface area contributed by atoms with Crippen molar-refractivity contribution in [2.75, 3.05) is 0 Å². The SMILES string of the molecule is Cc1nc2sc3cc(-c4ccccc4OC(F)(F)F)ccc3c2c(O)c1Cl. The molecule has 0 amide bonds. The lowest BCUT2D eigenvalue weighted by Gasteiger charge is -2.13. The standard InChI is InChI=1S/C19H11ClF3NO2S/c1-9-16(20)17(25)15-12-7-6-10(8-14(12)27-18(15)24-9)11-4-2-3-5-13(11)26-19(21,22)23/h2-8H,1H3,(H,24,25). The minimum Gasteiger partial charge on any atom is -0.506 e. The number of ether oxygens (including phenoxy) is 1. The predicted molar refractivity (Wildman–Crippen MR) is 101 cm³/mol. The lowest BCUT2D eigenvalue weighted by molar-refractivity contribution is -0.274. The van der Waals surface area contributed by atoms with Crippen molar-refractivity contribution in [1.29, 1.82) is 0 Å². The molecule has 0 atom stereocenters. The number of benzene rings is 2. The van der Waals surface area contributed by atoms with Crippen LogP contribution in [-0.2, 0) is 0 Å². The van der Waals surface area contributed by atoms with Crippen molar-refractivity contribution in [3.63, 3.8) is 0 Å². The fourth-order valence-electron chi connectivity index (χ4n) is 2.96. The summed E-state index contributed by atoms with van der Waals surface area (Å²) in [7, 11) is 0. The maximum absolute atomic E-state index is 12.7. The lowest BCUT2D eigenvalue weighted by Crippen LogP contribution is -2.17. The van der Waals surface area contributed by atoms with Gasteiger partial charge in [0.25, 0.3) is 0 Å². The van der Waals surface area contributed by atoms with Crippen molar-refractivity contribution in [2.24, 2.45) is 0 Å². The summed E-state index contributed by atoms with van der Waals surface area (Å²) in [5.41, 5.74) is 1.40. The number of fused-ring (bicyclic) bond motifs is 3. The Kier molecular flexibility index (Phi) is 4.16. The third-order valence-electron chi connectivity index (χ3n) is 4.13. The first kappa shape index (κ1) is 17.9. The molecule has 4 rings (SSSR count). The van der Waals surface area contributed by atoms with E-state index in [-0.39, 0.29) is 16.5 Å². The largest absolute Gasteiger partial charge is 0.573 e. The maximum Gasteiger partial charge on any atom is 0.573 e. The van der Waals surface area contributed by atoms with Crippen LogP contribution in [0.4, 0.5) is 13.2 Å². The third-order valence-corrected chi connectivity index (χ3v) is 5.63. The van der Waals surface area contributed by atoms with Gasteiger partial charge in [-0.05, 0) is 24.6 Å². The topological polar surface area (TPSA) is 42.4 Å². The van der Waals surface area contributed by atoms with Crippen LogP contribution in [0.15, 0.2) is 42.5 Å². The molecule has 0 saturated heterocycles. The zero-order valence-electron chi connectivity index (χ0n) is 13.8. The van der Waals surface area contributed by atoms with E-state index in [4.69, 9.17) is 11.6 Å². The van der Waals surface area contributed by atoms with Crippen molar-refractivity contribution in [3.8, 4) is 22.6 Å². The van der Waals surface area contributed by atoms with Gasteiger partial charge in [0.1, 0.15) is 21.4 Å². The molecule has 0 fully saturated rings. The quantitative estimate of drug-likeness (QED) is 0.401. The second-order valence-corrected chi connectivity index (χ2v) is 7.31. The monoisotopic (exact) mass is 409 g/mol. The molecule has 1 N–H and O–H groups in total. The van der Waals surface area contributed by atoms with Crippen LogP contribution >= 0.6 is 22.9 Å². The zero-order valence-corrected chi connectivity index (χ0v) is 15.3. The van der Waals surface area contributed by atoms with Crippen LogP contribution < -0.4 is 4.74 Å². The molecular weight excluding hydrogens is 399 g/mol. The summed E-state index contributed by atoms with van der Waals surface area (Å²) in [4.78, 5) is 5.01. The first-order chi connectivity index (χ1) is 12.7. The highest BCUT2D eigenvalue weighted by atomic mass is 35.5. The molecule has 3 nitrogen and oxygen atoms in total. The number of hydrogen-bond acceptors (Lipinski definition) is 4. The third kappa shape index (κ3) is 3.17. The van der Waals surface area contributed by atoms with Gasteiger partial charge in [0, 0.05) is 15.6 Å². The minimum absolute atomic E-state index is 0.0426. The van der Waals surface area contributed by atoms with Crippen LogP contribution in [0.2, 0.25) is 5.02 Å². The highest BCUT2D eigenvalue weighted by molar-refractivity contribution is 7.25. The Bertz CT molecular complexity index is 1190. The highest BCUT2D eigenvalue weighted by Crippen LogP contribution is 2.44. The van der Waals surface area contributed by atoms with Crippen LogP contribution in [0.25, 0.3) is 31.4 Å². The number of para-hydroxylation sites is 1. The Labute approximate surface area is 160 Å².